The van der Waals surface area contributed by atoms with Crippen LogP contribution in [0.25, 0.3) is 10.9 Å². The van der Waals surface area contributed by atoms with Gasteiger partial charge in [-0.25, -0.2) is 4.39 Å². The summed E-state index contributed by atoms with van der Waals surface area (Å²) in [5.41, 5.74) is 5.30. The van der Waals surface area contributed by atoms with E-state index in [1.807, 2.05) is 25.1 Å². The number of hydrogen-bond donors (Lipinski definition) is 1. The summed E-state index contributed by atoms with van der Waals surface area (Å²) in [6, 6.07) is 14.0. The summed E-state index contributed by atoms with van der Waals surface area (Å²) in [5.74, 6) is 0.417. The van der Waals surface area contributed by atoms with E-state index in [-0.39, 0.29) is 17.3 Å². The van der Waals surface area contributed by atoms with Crippen LogP contribution in [0.15, 0.2) is 42.5 Å². The molecule has 1 fully saturated rings. The molecule has 1 saturated carbocycles. The Balaban J connectivity index is 1.53. The minimum Gasteiger partial charge on any atom is -0.375 e. The average molecular weight is 462 g/mol. The zero-order chi connectivity index (χ0) is 23.9. The molecule has 0 bridgehead atoms. The highest BCUT2D eigenvalue weighted by molar-refractivity contribution is 5.86. The second-order valence-electron chi connectivity index (χ2n) is 10.3. The van der Waals surface area contributed by atoms with E-state index in [0.29, 0.717) is 18.0 Å². The lowest BCUT2D eigenvalue weighted by Crippen LogP contribution is -2.55. The van der Waals surface area contributed by atoms with Crippen LogP contribution in [0.1, 0.15) is 74.6 Å². The summed E-state index contributed by atoms with van der Waals surface area (Å²) in [7, 11) is 3.83. The number of nitrogens with one attached hydrogen (secondary N) is 1. The number of halogens is 1. The van der Waals surface area contributed by atoms with E-state index in [0.717, 1.165) is 62.6 Å². The first-order valence-corrected chi connectivity index (χ1v) is 12.8. The van der Waals surface area contributed by atoms with Crippen LogP contribution in [0, 0.1) is 5.82 Å². The lowest BCUT2D eigenvalue weighted by atomic mass is 9.69. The van der Waals surface area contributed by atoms with Crippen molar-refractivity contribution >= 4 is 22.5 Å². The molecule has 5 rings (SSSR count). The van der Waals surface area contributed by atoms with Crippen LogP contribution >= 0.6 is 0 Å². The maximum atomic E-state index is 14.7. The first-order chi connectivity index (χ1) is 16.5. The lowest BCUT2D eigenvalue weighted by molar-refractivity contribution is -0.141. The third-order valence-corrected chi connectivity index (χ3v) is 8.14. The van der Waals surface area contributed by atoms with E-state index in [2.05, 4.69) is 47.1 Å². The van der Waals surface area contributed by atoms with Crippen LogP contribution in [0.3, 0.4) is 0 Å². The average Bonchev–Trinajstić information content (AvgIpc) is 3.23. The first kappa shape index (κ1) is 22.9. The number of hydrogen-bond acceptors (Lipinski definition) is 2. The summed E-state index contributed by atoms with van der Waals surface area (Å²) < 4.78 is 14.7. The Kier molecular flexibility index (Phi) is 6.13. The van der Waals surface area contributed by atoms with Crippen molar-refractivity contribution in [1.82, 2.24) is 9.88 Å². The molecule has 0 saturated heterocycles. The molecule has 2 heterocycles. The van der Waals surface area contributed by atoms with Gasteiger partial charge in [-0.2, -0.15) is 0 Å². The predicted molar refractivity (Wildman–Crippen MR) is 137 cm³/mol. The molecule has 2 aliphatic rings. The number of unbranched alkanes of at least 4 members (excludes halogenated alkanes) is 1. The van der Waals surface area contributed by atoms with Gasteiger partial charge in [0.05, 0.1) is 11.2 Å². The number of anilines is 1. The largest absolute Gasteiger partial charge is 0.375 e. The van der Waals surface area contributed by atoms with E-state index in [1.54, 1.807) is 6.07 Å². The van der Waals surface area contributed by atoms with E-state index < -0.39 is 0 Å². The molecule has 1 aliphatic carbocycles. The number of fused-ring (bicyclic) bond motifs is 4. The van der Waals surface area contributed by atoms with Crippen molar-refractivity contribution in [2.75, 3.05) is 25.5 Å². The Labute approximate surface area is 202 Å². The minimum atomic E-state index is -0.292. The van der Waals surface area contributed by atoms with Crippen LogP contribution < -0.4 is 4.90 Å². The number of benzene rings is 2. The topological polar surface area (TPSA) is 39.3 Å². The number of aromatic nitrogens is 1. The van der Waals surface area contributed by atoms with Crippen LogP contribution in [-0.2, 0) is 16.8 Å². The molecule has 34 heavy (non-hydrogen) atoms. The van der Waals surface area contributed by atoms with Gasteiger partial charge in [0.2, 0.25) is 5.91 Å². The summed E-state index contributed by atoms with van der Waals surface area (Å²) >= 11 is 0. The van der Waals surface area contributed by atoms with Gasteiger partial charge in [0.1, 0.15) is 5.82 Å². The van der Waals surface area contributed by atoms with Crippen LogP contribution in [-0.4, -0.2) is 36.4 Å². The van der Waals surface area contributed by atoms with Crippen molar-refractivity contribution in [3.63, 3.8) is 0 Å². The van der Waals surface area contributed by atoms with E-state index in [1.165, 1.54) is 16.6 Å². The molecule has 1 spiro atoms. The normalized spacial score (nSPS) is 22.2. The molecule has 2 aromatic carbocycles. The van der Waals surface area contributed by atoms with Crippen molar-refractivity contribution < 1.29 is 9.18 Å². The Bertz CT molecular complexity index is 1190. The van der Waals surface area contributed by atoms with E-state index >= 15 is 0 Å². The number of para-hydroxylation sites is 2. The lowest BCUT2D eigenvalue weighted by Gasteiger charge is -2.51. The number of aromatic amines is 1. The fraction of sp³-hybridized carbons (Fsp3) is 0.483. The number of rotatable bonds is 5. The van der Waals surface area contributed by atoms with Gasteiger partial charge >= 0.3 is 0 Å². The van der Waals surface area contributed by atoms with Gasteiger partial charge in [-0.3, -0.25) is 4.79 Å². The number of nitrogens with zero attached hydrogens (tertiary/aromatic N) is 2. The summed E-state index contributed by atoms with van der Waals surface area (Å²) in [5, 5.41) is 1.29. The van der Waals surface area contributed by atoms with Crippen LogP contribution in [0.5, 0.6) is 0 Å². The van der Waals surface area contributed by atoms with Crippen molar-refractivity contribution in [1.29, 1.82) is 0 Å². The summed E-state index contributed by atoms with van der Waals surface area (Å²) in [4.78, 5) is 21.3. The molecule has 180 valence electrons. The molecular weight excluding hydrogens is 425 g/mol. The van der Waals surface area contributed by atoms with Gasteiger partial charge < -0.3 is 14.8 Å². The minimum absolute atomic E-state index is 0.158. The van der Waals surface area contributed by atoms with Crippen molar-refractivity contribution in [3.05, 3.63) is 65.1 Å². The Morgan fingerprint density at radius 1 is 1.15 bits per heavy atom. The molecule has 1 amide bonds. The first-order valence-electron chi connectivity index (χ1n) is 12.8. The number of carbonyl (C=O) groups excluding carboxylic acids is 1. The number of amides is 1. The molecule has 1 N–H and O–H groups in total. The molecule has 0 radical (unpaired) electrons. The fourth-order valence-electron chi connectivity index (χ4n) is 6.52. The van der Waals surface area contributed by atoms with Gasteiger partial charge in [0.15, 0.2) is 0 Å². The van der Waals surface area contributed by atoms with E-state index in [9.17, 15) is 9.18 Å². The molecule has 1 aliphatic heterocycles. The summed E-state index contributed by atoms with van der Waals surface area (Å²) in [6.45, 7) is 2.92. The molecule has 5 heteroatoms. The van der Waals surface area contributed by atoms with Gasteiger partial charge in [-0.05, 0) is 67.7 Å². The zero-order valence-electron chi connectivity index (χ0n) is 20.7. The fourth-order valence-corrected chi connectivity index (χ4v) is 6.52. The highest BCUT2D eigenvalue weighted by Gasteiger charge is 2.48. The van der Waals surface area contributed by atoms with Crippen molar-refractivity contribution in [3.8, 4) is 0 Å². The third-order valence-electron chi connectivity index (χ3n) is 8.14. The Morgan fingerprint density at radius 2 is 1.91 bits per heavy atom. The Hall–Kier alpha value is -2.82. The molecule has 1 aromatic heterocycles. The SMILES string of the molecule is CCCCC(=O)N1CCc2c([nH]c3ccccc23)C12CCC(c1cccc(F)c1N(C)C)CC2. The van der Waals surface area contributed by atoms with Crippen LogP contribution in [0.2, 0.25) is 0 Å². The molecule has 0 atom stereocenters. The van der Waals surface area contributed by atoms with Crippen molar-refractivity contribution in [2.24, 2.45) is 0 Å². The van der Waals surface area contributed by atoms with E-state index in [4.69, 9.17) is 0 Å². The second-order valence-corrected chi connectivity index (χ2v) is 10.3. The molecule has 0 unspecified atom stereocenters. The van der Waals surface area contributed by atoms with Gasteiger partial charge in [-0.1, -0.05) is 43.7 Å². The Morgan fingerprint density at radius 3 is 2.65 bits per heavy atom. The highest BCUT2D eigenvalue weighted by atomic mass is 19.1. The number of carbonyl (C=O) groups is 1. The number of H-pyrrole nitrogens is 1. The predicted octanol–water partition coefficient (Wildman–Crippen LogP) is 6.50. The maximum absolute atomic E-state index is 14.7. The monoisotopic (exact) mass is 461 g/mol. The van der Waals surface area contributed by atoms with Gasteiger partial charge in [-0.15, -0.1) is 0 Å². The van der Waals surface area contributed by atoms with Crippen LogP contribution in [0.4, 0.5) is 10.1 Å². The smallest absolute Gasteiger partial charge is 0.223 e. The highest BCUT2D eigenvalue weighted by Crippen LogP contribution is 2.52. The molecular formula is C29H36FN3O. The molecule has 4 nitrogen and oxygen atoms in total. The second kappa shape index (κ2) is 9.09. The third kappa shape index (κ3) is 3.70. The molecule has 3 aromatic rings. The maximum Gasteiger partial charge on any atom is 0.223 e. The van der Waals surface area contributed by atoms with Gasteiger partial charge in [0, 0.05) is 43.7 Å². The zero-order valence-corrected chi connectivity index (χ0v) is 20.7. The summed E-state index contributed by atoms with van der Waals surface area (Å²) in [6.07, 6.45) is 7.16. The van der Waals surface area contributed by atoms with Gasteiger partial charge in [0.25, 0.3) is 0 Å². The van der Waals surface area contributed by atoms with Crippen molar-refractivity contribution in [2.45, 2.75) is 69.7 Å². The quantitative estimate of drug-likeness (QED) is 0.471. The standard InChI is InChI=1S/C29H36FN3O/c1-4-5-13-26(34)33-19-16-23-22-9-6-7-12-25(22)31-28(23)29(33)17-14-20(15-18-29)21-10-8-11-24(30)27(21)32(2)3/h6-12,20,31H,4-5,13-19H2,1-3H3.